The van der Waals surface area contributed by atoms with Crippen LogP contribution in [0.1, 0.15) is 52.4 Å². The first kappa shape index (κ1) is 18.9. The summed E-state index contributed by atoms with van der Waals surface area (Å²) in [6, 6.07) is 0. The van der Waals surface area contributed by atoms with Gasteiger partial charge in [0.2, 0.25) is 5.91 Å². The summed E-state index contributed by atoms with van der Waals surface area (Å²) in [4.78, 5) is 26.0. The standard InChI is InChI=1S/C20H33N5O/c1-16(2)6-9-22-20(26)17-7-12-24(13-8-17)18-14-21-15-23-19(18)25-10-4-3-5-11-25/h14-17H,3-13H2,1-2H3,(H,22,26). The average Bonchev–Trinajstić information content (AvgIpc) is 2.68. The van der Waals surface area contributed by atoms with Gasteiger partial charge < -0.3 is 15.1 Å². The van der Waals surface area contributed by atoms with Crippen molar-refractivity contribution in [2.45, 2.75) is 52.4 Å². The Balaban J connectivity index is 1.56. The summed E-state index contributed by atoms with van der Waals surface area (Å²) < 4.78 is 0. The van der Waals surface area contributed by atoms with Crippen LogP contribution in [0.25, 0.3) is 0 Å². The molecule has 0 aromatic carbocycles. The first-order valence-electron chi connectivity index (χ1n) is 10.2. The molecular weight excluding hydrogens is 326 g/mol. The van der Waals surface area contributed by atoms with Gasteiger partial charge in [-0.1, -0.05) is 13.8 Å². The molecule has 0 radical (unpaired) electrons. The smallest absolute Gasteiger partial charge is 0.223 e. The van der Waals surface area contributed by atoms with Gasteiger partial charge in [-0.2, -0.15) is 0 Å². The number of carbonyl (C=O) groups is 1. The molecule has 0 saturated carbocycles. The number of hydrogen-bond donors (Lipinski definition) is 1. The van der Waals surface area contributed by atoms with E-state index in [0.29, 0.717) is 5.92 Å². The largest absolute Gasteiger partial charge is 0.367 e. The van der Waals surface area contributed by atoms with E-state index in [1.54, 1.807) is 6.33 Å². The minimum absolute atomic E-state index is 0.140. The fourth-order valence-corrected chi connectivity index (χ4v) is 3.90. The number of piperidine rings is 2. The Morgan fingerprint density at radius 3 is 2.58 bits per heavy atom. The Morgan fingerprint density at radius 1 is 1.15 bits per heavy atom. The number of anilines is 2. The van der Waals surface area contributed by atoms with Crippen LogP contribution in [-0.4, -0.2) is 48.6 Å². The maximum atomic E-state index is 12.4. The molecule has 2 aliphatic heterocycles. The lowest BCUT2D eigenvalue weighted by molar-refractivity contribution is -0.125. The van der Waals surface area contributed by atoms with Gasteiger partial charge in [0.15, 0.2) is 5.82 Å². The third-order valence-corrected chi connectivity index (χ3v) is 5.56. The average molecular weight is 360 g/mol. The number of hydrogen-bond acceptors (Lipinski definition) is 5. The fraction of sp³-hybridized carbons (Fsp3) is 0.750. The van der Waals surface area contributed by atoms with Gasteiger partial charge in [0, 0.05) is 38.6 Å². The van der Waals surface area contributed by atoms with Crippen molar-refractivity contribution in [3.8, 4) is 0 Å². The predicted molar refractivity (Wildman–Crippen MR) is 105 cm³/mol. The molecule has 1 aromatic heterocycles. The first-order chi connectivity index (χ1) is 12.6. The summed E-state index contributed by atoms with van der Waals surface area (Å²) in [6.45, 7) is 9.13. The summed E-state index contributed by atoms with van der Waals surface area (Å²) in [6.07, 6.45) is 10.2. The lowest BCUT2D eigenvalue weighted by Gasteiger charge is -2.36. The molecule has 144 valence electrons. The van der Waals surface area contributed by atoms with E-state index in [-0.39, 0.29) is 11.8 Å². The Bertz CT molecular complexity index is 577. The van der Waals surface area contributed by atoms with Gasteiger partial charge in [-0.05, 0) is 44.4 Å². The molecule has 0 spiro atoms. The van der Waals surface area contributed by atoms with Gasteiger partial charge in [-0.25, -0.2) is 9.97 Å². The van der Waals surface area contributed by atoms with Crippen molar-refractivity contribution in [2.75, 3.05) is 42.5 Å². The number of amides is 1. The third kappa shape index (κ3) is 4.86. The molecule has 1 amide bonds. The lowest BCUT2D eigenvalue weighted by Crippen LogP contribution is -2.42. The number of nitrogens with one attached hydrogen (secondary N) is 1. The van der Waals surface area contributed by atoms with Crippen molar-refractivity contribution in [1.29, 1.82) is 0 Å². The summed E-state index contributed by atoms with van der Waals surface area (Å²) in [5.74, 6) is 2.07. The number of rotatable bonds is 6. The molecule has 2 saturated heterocycles. The molecule has 1 aromatic rings. The maximum Gasteiger partial charge on any atom is 0.223 e. The number of nitrogens with zero attached hydrogens (tertiary/aromatic N) is 4. The zero-order chi connectivity index (χ0) is 18.4. The molecule has 2 aliphatic rings. The van der Waals surface area contributed by atoms with Crippen molar-refractivity contribution in [3.05, 3.63) is 12.5 Å². The van der Waals surface area contributed by atoms with Gasteiger partial charge in [0.25, 0.3) is 0 Å². The van der Waals surface area contributed by atoms with E-state index in [4.69, 9.17) is 0 Å². The maximum absolute atomic E-state index is 12.4. The summed E-state index contributed by atoms with van der Waals surface area (Å²) in [5.41, 5.74) is 1.13. The van der Waals surface area contributed by atoms with Crippen LogP contribution in [-0.2, 0) is 4.79 Å². The van der Waals surface area contributed by atoms with E-state index in [2.05, 4.69) is 38.9 Å². The summed E-state index contributed by atoms with van der Waals surface area (Å²) in [7, 11) is 0. The molecule has 1 N–H and O–H groups in total. The Hall–Kier alpha value is -1.85. The molecule has 6 heteroatoms. The van der Waals surface area contributed by atoms with E-state index in [1.165, 1.54) is 19.3 Å². The van der Waals surface area contributed by atoms with Crippen molar-refractivity contribution in [1.82, 2.24) is 15.3 Å². The van der Waals surface area contributed by atoms with Crippen molar-refractivity contribution in [3.63, 3.8) is 0 Å². The minimum Gasteiger partial charge on any atom is -0.367 e. The van der Waals surface area contributed by atoms with Crippen LogP contribution in [0.15, 0.2) is 12.5 Å². The van der Waals surface area contributed by atoms with Crippen LogP contribution in [0.3, 0.4) is 0 Å². The predicted octanol–water partition coefficient (Wildman–Crippen LogP) is 2.85. The van der Waals surface area contributed by atoms with E-state index < -0.39 is 0 Å². The van der Waals surface area contributed by atoms with Crippen LogP contribution in [0.2, 0.25) is 0 Å². The van der Waals surface area contributed by atoms with Gasteiger partial charge in [0.05, 0.1) is 11.9 Å². The van der Waals surface area contributed by atoms with Crippen LogP contribution in [0.5, 0.6) is 0 Å². The van der Waals surface area contributed by atoms with Crippen LogP contribution in [0.4, 0.5) is 11.5 Å². The Kier molecular flexibility index (Phi) is 6.69. The van der Waals surface area contributed by atoms with Crippen molar-refractivity contribution in [2.24, 2.45) is 11.8 Å². The van der Waals surface area contributed by atoms with Crippen molar-refractivity contribution >= 4 is 17.4 Å². The van der Waals surface area contributed by atoms with E-state index in [9.17, 15) is 4.79 Å². The summed E-state index contributed by atoms with van der Waals surface area (Å²) >= 11 is 0. The van der Waals surface area contributed by atoms with Gasteiger partial charge in [0.1, 0.15) is 6.33 Å². The molecule has 0 unspecified atom stereocenters. The lowest BCUT2D eigenvalue weighted by atomic mass is 9.95. The molecular formula is C20H33N5O. The number of carbonyl (C=O) groups excluding carboxylic acids is 1. The zero-order valence-electron chi connectivity index (χ0n) is 16.3. The second kappa shape index (κ2) is 9.19. The first-order valence-corrected chi connectivity index (χ1v) is 10.2. The Morgan fingerprint density at radius 2 is 1.88 bits per heavy atom. The molecule has 26 heavy (non-hydrogen) atoms. The molecule has 6 nitrogen and oxygen atoms in total. The van der Waals surface area contributed by atoms with Gasteiger partial charge in [-0.15, -0.1) is 0 Å². The number of aromatic nitrogens is 2. The highest BCUT2D eigenvalue weighted by molar-refractivity contribution is 5.79. The van der Waals surface area contributed by atoms with Crippen LogP contribution < -0.4 is 15.1 Å². The van der Waals surface area contributed by atoms with Crippen LogP contribution >= 0.6 is 0 Å². The van der Waals surface area contributed by atoms with Crippen molar-refractivity contribution < 1.29 is 4.79 Å². The molecule has 3 heterocycles. The highest BCUT2D eigenvalue weighted by Crippen LogP contribution is 2.31. The fourth-order valence-electron chi connectivity index (χ4n) is 3.90. The minimum atomic E-state index is 0.140. The second-order valence-electron chi connectivity index (χ2n) is 8.01. The molecule has 0 aliphatic carbocycles. The molecule has 0 atom stereocenters. The molecule has 2 fully saturated rings. The Labute approximate surface area is 157 Å². The molecule has 0 bridgehead atoms. The SMILES string of the molecule is CC(C)CCNC(=O)C1CCN(c2cncnc2N2CCCCC2)CC1. The zero-order valence-corrected chi connectivity index (χ0v) is 16.3. The normalized spacial score (nSPS) is 19.0. The van der Waals surface area contributed by atoms with Gasteiger partial charge in [-0.3, -0.25) is 4.79 Å². The highest BCUT2D eigenvalue weighted by Gasteiger charge is 2.27. The second-order valence-corrected chi connectivity index (χ2v) is 8.01. The summed E-state index contributed by atoms with van der Waals surface area (Å²) in [5, 5.41) is 3.11. The third-order valence-electron chi connectivity index (χ3n) is 5.56. The topological polar surface area (TPSA) is 61.4 Å². The monoisotopic (exact) mass is 359 g/mol. The van der Waals surface area contributed by atoms with Crippen LogP contribution in [0, 0.1) is 11.8 Å². The van der Waals surface area contributed by atoms with E-state index in [1.807, 2.05) is 6.20 Å². The molecule has 3 rings (SSSR count). The van der Waals surface area contributed by atoms with E-state index in [0.717, 1.165) is 63.5 Å². The highest BCUT2D eigenvalue weighted by atomic mass is 16.1. The van der Waals surface area contributed by atoms with Gasteiger partial charge >= 0.3 is 0 Å². The quantitative estimate of drug-likeness (QED) is 0.846. The van der Waals surface area contributed by atoms with E-state index >= 15 is 0 Å².